The van der Waals surface area contributed by atoms with Crippen LogP contribution in [-0.2, 0) is 9.53 Å². The van der Waals surface area contributed by atoms with Gasteiger partial charge >= 0.3 is 0 Å². The molecule has 0 atom stereocenters. The summed E-state index contributed by atoms with van der Waals surface area (Å²) in [5.74, 6) is 0.668. The van der Waals surface area contributed by atoms with Crippen LogP contribution in [0.3, 0.4) is 0 Å². The van der Waals surface area contributed by atoms with Crippen molar-refractivity contribution in [3.05, 3.63) is 36.6 Å². The van der Waals surface area contributed by atoms with Gasteiger partial charge in [0.2, 0.25) is 0 Å². The second kappa shape index (κ2) is 11.4. The molecule has 0 spiro atoms. The summed E-state index contributed by atoms with van der Waals surface area (Å²) in [7, 11) is 4.02. The van der Waals surface area contributed by atoms with Gasteiger partial charge in [0, 0.05) is 19.6 Å². The van der Waals surface area contributed by atoms with Gasteiger partial charge in [0.05, 0.1) is 13.2 Å². The number of nitrogens with zero attached hydrogens (tertiary/aromatic N) is 2. The predicted octanol–water partition coefficient (Wildman–Crippen LogP) is 2.10. The van der Waals surface area contributed by atoms with Gasteiger partial charge < -0.3 is 14.4 Å². The third kappa shape index (κ3) is 11.7. The summed E-state index contributed by atoms with van der Waals surface area (Å²) in [5, 5.41) is 0. The fraction of sp³-hybridized carbons (Fsp3) is 0.562. The summed E-state index contributed by atoms with van der Waals surface area (Å²) in [6, 6.07) is 0. The Balaban J connectivity index is 3.61. The second-order valence-electron chi connectivity index (χ2n) is 5.08. The van der Waals surface area contributed by atoms with Crippen molar-refractivity contribution in [3.8, 4) is 0 Å². The van der Waals surface area contributed by atoms with Gasteiger partial charge in [-0.25, -0.2) is 0 Å². The van der Waals surface area contributed by atoms with E-state index in [4.69, 9.17) is 4.74 Å². The third-order valence-electron chi connectivity index (χ3n) is 2.78. The van der Waals surface area contributed by atoms with Crippen molar-refractivity contribution in [3.63, 3.8) is 0 Å². The van der Waals surface area contributed by atoms with Crippen LogP contribution >= 0.6 is 0 Å². The summed E-state index contributed by atoms with van der Waals surface area (Å²) < 4.78 is 5.50. The van der Waals surface area contributed by atoms with Crippen molar-refractivity contribution in [1.82, 2.24) is 9.80 Å². The first kappa shape index (κ1) is 18.6. The maximum atomic E-state index is 10.3. The molecule has 0 aliphatic carbocycles. The van der Waals surface area contributed by atoms with Crippen molar-refractivity contribution in [2.24, 2.45) is 0 Å². The monoisotopic (exact) mass is 280 g/mol. The van der Waals surface area contributed by atoms with Gasteiger partial charge in [0.1, 0.15) is 12.0 Å². The van der Waals surface area contributed by atoms with Crippen LogP contribution in [0.4, 0.5) is 0 Å². The minimum atomic E-state index is 0.492. The van der Waals surface area contributed by atoms with E-state index in [9.17, 15) is 4.79 Å². The molecule has 0 saturated heterocycles. The van der Waals surface area contributed by atoms with Gasteiger partial charge in [-0.05, 0) is 33.5 Å². The van der Waals surface area contributed by atoms with Gasteiger partial charge in [0.15, 0.2) is 0 Å². The maximum absolute atomic E-state index is 10.3. The van der Waals surface area contributed by atoms with E-state index < -0.39 is 0 Å². The van der Waals surface area contributed by atoms with Crippen molar-refractivity contribution in [2.75, 3.05) is 46.9 Å². The Bertz CT molecular complexity index is 337. The van der Waals surface area contributed by atoms with E-state index in [2.05, 4.69) is 25.1 Å². The zero-order valence-corrected chi connectivity index (χ0v) is 13.1. The molecule has 0 bridgehead atoms. The summed E-state index contributed by atoms with van der Waals surface area (Å²) >= 11 is 0. The number of hydrogen-bond acceptors (Lipinski definition) is 4. The second-order valence-corrected chi connectivity index (χ2v) is 5.08. The molecule has 0 radical (unpaired) electrons. The predicted molar refractivity (Wildman–Crippen MR) is 84.7 cm³/mol. The highest BCUT2D eigenvalue weighted by Gasteiger charge is 2.01. The molecule has 0 amide bonds. The number of rotatable bonds is 12. The number of ether oxygens (including phenoxy) is 1. The van der Waals surface area contributed by atoms with Crippen molar-refractivity contribution in [2.45, 2.75) is 13.3 Å². The lowest BCUT2D eigenvalue weighted by atomic mass is 10.3. The van der Waals surface area contributed by atoms with E-state index in [-0.39, 0.29) is 0 Å². The molecule has 0 unspecified atom stereocenters. The number of hydrogen-bond donors (Lipinski definition) is 0. The molecule has 0 aliphatic heterocycles. The van der Waals surface area contributed by atoms with E-state index in [1.165, 1.54) is 0 Å². The molecule has 0 aromatic rings. The smallest absolute Gasteiger partial charge is 0.133 e. The zero-order chi connectivity index (χ0) is 15.4. The fourth-order valence-corrected chi connectivity index (χ4v) is 1.49. The zero-order valence-electron chi connectivity index (χ0n) is 13.1. The number of likely N-dealkylation sites (N-methyl/N-ethyl adjacent to an activating group) is 2. The first-order valence-corrected chi connectivity index (χ1v) is 6.91. The average molecular weight is 280 g/mol. The summed E-state index contributed by atoms with van der Waals surface area (Å²) in [4.78, 5) is 14.6. The molecule has 4 heteroatoms. The van der Waals surface area contributed by atoms with Gasteiger partial charge in [-0.3, -0.25) is 4.90 Å². The normalized spacial score (nSPS) is 11.2. The highest BCUT2D eigenvalue weighted by atomic mass is 16.5. The minimum absolute atomic E-state index is 0.492. The van der Waals surface area contributed by atoms with Crippen LogP contribution in [0.2, 0.25) is 0 Å². The van der Waals surface area contributed by atoms with Crippen LogP contribution in [0.25, 0.3) is 0 Å². The number of aldehydes is 1. The Morgan fingerprint density at radius 1 is 1.10 bits per heavy atom. The SMILES string of the molecule is C=C(C)/C=C\C(=C)OCCCN(C)CCN(C)CC=O. The topological polar surface area (TPSA) is 32.8 Å². The summed E-state index contributed by atoms with van der Waals surface area (Å²) in [6.07, 6.45) is 5.60. The molecule has 0 N–H and O–H groups in total. The third-order valence-corrected chi connectivity index (χ3v) is 2.78. The molecule has 114 valence electrons. The largest absolute Gasteiger partial charge is 0.494 e. The fourth-order valence-electron chi connectivity index (χ4n) is 1.49. The molecule has 0 aliphatic rings. The number of carbonyl (C=O) groups excluding carboxylic acids is 1. The molecule has 0 aromatic heterocycles. The lowest BCUT2D eigenvalue weighted by Crippen LogP contribution is -2.32. The summed E-state index contributed by atoms with van der Waals surface area (Å²) in [5.41, 5.74) is 0.980. The summed E-state index contributed by atoms with van der Waals surface area (Å²) in [6.45, 7) is 13.5. The Kier molecular flexibility index (Phi) is 10.6. The van der Waals surface area contributed by atoms with Crippen molar-refractivity contribution < 1.29 is 9.53 Å². The van der Waals surface area contributed by atoms with Crippen LogP contribution in [0.15, 0.2) is 36.6 Å². The lowest BCUT2D eigenvalue weighted by Gasteiger charge is -2.20. The van der Waals surface area contributed by atoms with Crippen LogP contribution < -0.4 is 0 Å². The molecular weight excluding hydrogens is 252 g/mol. The van der Waals surface area contributed by atoms with E-state index in [0.717, 1.165) is 37.9 Å². The first-order valence-electron chi connectivity index (χ1n) is 6.91. The minimum Gasteiger partial charge on any atom is -0.494 e. The van der Waals surface area contributed by atoms with Crippen molar-refractivity contribution in [1.29, 1.82) is 0 Å². The Labute approximate surface area is 123 Å². The first-order chi connectivity index (χ1) is 9.45. The Morgan fingerprint density at radius 2 is 1.75 bits per heavy atom. The van der Waals surface area contributed by atoms with Gasteiger partial charge in [-0.2, -0.15) is 0 Å². The van der Waals surface area contributed by atoms with Crippen LogP contribution in [0.1, 0.15) is 13.3 Å². The van der Waals surface area contributed by atoms with Crippen molar-refractivity contribution >= 4 is 6.29 Å². The van der Waals surface area contributed by atoms with Gasteiger partial charge in [0.25, 0.3) is 0 Å². The van der Waals surface area contributed by atoms with Crippen LogP contribution in [0, 0.1) is 0 Å². The Hall–Kier alpha value is -1.39. The molecule has 0 fully saturated rings. The molecule has 4 nitrogen and oxygen atoms in total. The molecule has 20 heavy (non-hydrogen) atoms. The van der Waals surface area contributed by atoms with Gasteiger partial charge in [-0.1, -0.05) is 24.8 Å². The highest BCUT2D eigenvalue weighted by molar-refractivity contribution is 5.51. The molecule has 0 heterocycles. The average Bonchev–Trinajstić information content (AvgIpc) is 2.39. The van der Waals surface area contributed by atoms with Crippen LogP contribution in [-0.4, -0.2) is 63.0 Å². The van der Waals surface area contributed by atoms with Crippen LogP contribution in [0.5, 0.6) is 0 Å². The van der Waals surface area contributed by atoms with E-state index in [0.29, 0.717) is 18.9 Å². The molecule has 0 aromatic carbocycles. The number of carbonyl (C=O) groups is 1. The maximum Gasteiger partial charge on any atom is 0.133 e. The standard InChI is InChI=1S/C16H28N2O2/c1-15(2)7-8-16(3)20-14-6-9-17(4)10-11-18(5)12-13-19/h7-8,13H,1,3,6,9-12,14H2,2,4-5H3/b8-7-. The lowest BCUT2D eigenvalue weighted by molar-refractivity contribution is -0.108. The molecule has 0 rings (SSSR count). The molecule has 0 saturated carbocycles. The highest BCUT2D eigenvalue weighted by Crippen LogP contribution is 2.00. The van der Waals surface area contributed by atoms with E-state index in [1.54, 1.807) is 0 Å². The molecular formula is C16H28N2O2. The van der Waals surface area contributed by atoms with E-state index >= 15 is 0 Å². The Morgan fingerprint density at radius 3 is 2.35 bits per heavy atom. The van der Waals surface area contributed by atoms with E-state index in [1.807, 2.05) is 31.0 Å². The van der Waals surface area contributed by atoms with Gasteiger partial charge in [-0.15, -0.1) is 0 Å². The quantitative estimate of drug-likeness (QED) is 0.237. The number of allylic oxidation sites excluding steroid dienone is 3.